The minimum Gasteiger partial charge on any atom is -0.465 e. The Morgan fingerprint density at radius 3 is 2.00 bits per heavy atom. The highest BCUT2D eigenvalue weighted by Gasteiger charge is 2.47. The third-order valence-corrected chi connectivity index (χ3v) is 1.12. The molecule has 15 heavy (non-hydrogen) atoms. The Labute approximate surface area is 79.8 Å². The number of carbonyl (C=O) groups excluding carboxylic acids is 3. The van der Waals surface area contributed by atoms with Gasteiger partial charge in [-0.1, -0.05) is 0 Å². The fourth-order valence-corrected chi connectivity index (χ4v) is 0.557. The maximum atomic E-state index is 12.4. The second-order valence-electron chi connectivity index (χ2n) is 2.08. The van der Waals surface area contributed by atoms with Gasteiger partial charge in [0.15, 0.2) is 0 Å². The van der Waals surface area contributed by atoms with Crippen molar-refractivity contribution in [3.8, 4) is 0 Å². The lowest BCUT2D eigenvalue weighted by molar-refractivity contribution is -0.150. The van der Waals surface area contributed by atoms with Gasteiger partial charge in [0.2, 0.25) is 0 Å². The lowest BCUT2D eigenvalue weighted by atomic mass is 10.2. The van der Waals surface area contributed by atoms with Crippen molar-refractivity contribution in [1.82, 2.24) is 0 Å². The summed E-state index contributed by atoms with van der Waals surface area (Å²) in [4.78, 5) is 30.3. The highest BCUT2D eigenvalue weighted by molar-refractivity contribution is 6.55. The molecule has 0 unspecified atom stereocenters. The monoisotopic (exact) mass is 224 g/mol. The molecule has 0 aromatic carbocycles. The van der Waals surface area contributed by atoms with E-state index in [1.54, 1.807) is 0 Å². The van der Waals surface area contributed by atoms with Gasteiger partial charge < -0.3 is 14.0 Å². The molecule has 1 aliphatic rings. The Morgan fingerprint density at radius 2 is 1.60 bits per heavy atom. The maximum absolute atomic E-state index is 12.4. The van der Waals surface area contributed by atoms with Gasteiger partial charge >= 0.3 is 31.3 Å². The van der Waals surface area contributed by atoms with E-state index in [0.29, 0.717) is 0 Å². The molecule has 0 atom stereocenters. The maximum Gasteiger partial charge on any atom is 0.870 e. The molecule has 0 saturated carbocycles. The molecule has 0 spiro atoms. The summed E-state index contributed by atoms with van der Waals surface area (Å²) >= 11 is 0. The normalized spacial score (nSPS) is 16.9. The van der Waals surface area contributed by atoms with Gasteiger partial charge in [-0.2, -0.15) is 13.2 Å². The van der Waals surface area contributed by atoms with Gasteiger partial charge in [0.25, 0.3) is 5.83 Å². The standard InChI is InChI=1S/C5BF3O6/c7-1(2(8)10)3(9)13-6-14-4(11)5(12)15-6/b3-1+. The van der Waals surface area contributed by atoms with Crippen molar-refractivity contribution in [2.45, 2.75) is 0 Å². The van der Waals surface area contributed by atoms with Crippen molar-refractivity contribution in [2.75, 3.05) is 0 Å². The number of allylic oxidation sites excluding steroid dienone is 1. The molecule has 1 saturated heterocycles. The molecule has 0 N–H and O–H groups in total. The van der Waals surface area contributed by atoms with Crippen molar-refractivity contribution in [1.29, 1.82) is 0 Å². The average Bonchev–Trinajstić information content (AvgIpc) is 2.44. The van der Waals surface area contributed by atoms with Crippen LogP contribution in [0.15, 0.2) is 11.8 Å². The van der Waals surface area contributed by atoms with E-state index in [9.17, 15) is 27.6 Å². The van der Waals surface area contributed by atoms with E-state index in [4.69, 9.17) is 0 Å². The molecule has 0 bridgehead atoms. The lowest BCUT2D eigenvalue weighted by Gasteiger charge is -2.01. The first-order valence-corrected chi connectivity index (χ1v) is 3.25. The number of rotatable bonds is 3. The zero-order chi connectivity index (χ0) is 11.6. The van der Waals surface area contributed by atoms with E-state index in [0.717, 1.165) is 0 Å². The topological polar surface area (TPSA) is 78.9 Å². The molecular weight excluding hydrogens is 224 g/mol. The first kappa shape index (κ1) is 11.1. The second kappa shape index (κ2) is 4.03. The summed E-state index contributed by atoms with van der Waals surface area (Å²) in [5.74, 6) is -5.44. The molecular formula is C5BF3O6. The summed E-state index contributed by atoms with van der Waals surface area (Å²) in [5.41, 5.74) is 0. The van der Waals surface area contributed by atoms with Gasteiger partial charge in [-0.05, 0) is 0 Å². The first-order valence-electron chi connectivity index (χ1n) is 3.25. The summed E-state index contributed by atoms with van der Waals surface area (Å²) in [6.07, 6.45) is 0. The molecule has 10 heteroatoms. The van der Waals surface area contributed by atoms with Gasteiger partial charge in [-0.3, -0.25) is 4.79 Å². The third-order valence-electron chi connectivity index (χ3n) is 1.12. The third kappa shape index (κ3) is 2.48. The van der Waals surface area contributed by atoms with Crippen molar-refractivity contribution in [2.24, 2.45) is 0 Å². The van der Waals surface area contributed by atoms with Gasteiger partial charge in [0.05, 0.1) is 0 Å². The molecule has 0 radical (unpaired) electrons. The minimum absolute atomic E-state index is 1.49. The molecule has 1 fully saturated rings. The highest BCUT2D eigenvalue weighted by Crippen LogP contribution is 2.15. The van der Waals surface area contributed by atoms with Crippen LogP contribution in [0, 0.1) is 0 Å². The lowest BCUT2D eigenvalue weighted by Crippen LogP contribution is -2.19. The van der Waals surface area contributed by atoms with E-state index in [-0.39, 0.29) is 0 Å². The van der Waals surface area contributed by atoms with Gasteiger partial charge in [-0.15, -0.1) is 0 Å². The van der Waals surface area contributed by atoms with Crippen LogP contribution in [-0.4, -0.2) is 25.3 Å². The van der Waals surface area contributed by atoms with Crippen LogP contribution in [0.5, 0.6) is 0 Å². The van der Waals surface area contributed by atoms with Crippen molar-refractivity contribution >= 4 is 25.3 Å². The van der Waals surface area contributed by atoms with Crippen molar-refractivity contribution < 1.29 is 41.5 Å². The number of hydrogen-bond acceptors (Lipinski definition) is 6. The molecule has 1 rings (SSSR count). The minimum atomic E-state index is -2.72. The molecule has 0 aromatic rings. The van der Waals surface area contributed by atoms with E-state index >= 15 is 0 Å². The smallest absolute Gasteiger partial charge is 0.465 e. The number of halogens is 3. The molecule has 0 aromatic heterocycles. The largest absolute Gasteiger partial charge is 0.870 e. The van der Waals surface area contributed by atoms with Crippen LogP contribution in [-0.2, 0) is 28.3 Å². The number of carbonyl (C=O) groups is 3. The highest BCUT2D eigenvalue weighted by atomic mass is 19.2. The Kier molecular flexibility index (Phi) is 2.97. The number of hydrogen-bond donors (Lipinski definition) is 0. The van der Waals surface area contributed by atoms with Crippen LogP contribution in [0.3, 0.4) is 0 Å². The van der Waals surface area contributed by atoms with Crippen LogP contribution in [0.4, 0.5) is 13.2 Å². The van der Waals surface area contributed by atoms with Crippen molar-refractivity contribution in [3.63, 3.8) is 0 Å². The second-order valence-corrected chi connectivity index (χ2v) is 2.08. The quantitative estimate of drug-likeness (QED) is 0.215. The zero-order valence-electron chi connectivity index (χ0n) is 6.66. The molecule has 1 aliphatic heterocycles. The van der Waals surface area contributed by atoms with E-state index in [1.165, 1.54) is 0 Å². The summed E-state index contributed by atoms with van der Waals surface area (Å²) in [7, 11) is -2.17. The molecule has 6 nitrogen and oxygen atoms in total. The SMILES string of the molecule is O=C1OB(O/C(F)=C(/F)C(=O)F)OC1=O. The molecule has 0 aliphatic carbocycles. The summed E-state index contributed by atoms with van der Waals surface area (Å²) in [6, 6.07) is -5.02. The molecule has 1 heterocycles. The first-order chi connectivity index (χ1) is 6.91. The van der Waals surface area contributed by atoms with Crippen LogP contribution in [0.1, 0.15) is 0 Å². The predicted octanol–water partition coefficient (Wildman–Crippen LogP) is -0.308. The average molecular weight is 224 g/mol. The fourth-order valence-electron chi connectivity index (χ4n) is 0.557. The molecule has 80 valence electrons. The van der Waals surface area contributed by atoms with Gasteiger partial charge in [0, 0.05) is 0 Å². The van der Waals surface area contributed by atoms with Gasteiger partial charge in [0.1, 0.15) is 0 Å². The van der Waals surface area contributed by atoms with Gasteiger partial charge in [-0.25, -0.2) is 9.59 Å². The van der Waals surface area contributed by atoms with Crippen LogP contribution in [0.25, 0.3) is 0 Å². The fraction of sp³-hybridized carbons (Fsp3) is 0. The van der Waals surface area contributed by atoms with Crippen molar-refractivity contribution in [3.05, 3.63) is 11.8 Å². The van der Waals surface area contributed by atoms with E-state index < -0.39 is 37.1 Å². The van der Waals surface area contributed by atoms with Crippen LogP contribution in [0.2, 0.25) is 0 Å². The molecule has 0 amide bonds. The Morgan fingerprint density at radius 1 is 1.13 bits per heavy atom. The van der Waals surface area contributed by atoms with E-state index in [2.05, 4.69) is 14.0 Å². The predicted molar refractivity (Wildman–Crippen MR) is 34.4 cm³/mol. The zero-order valence-corrected chi connectivity index (χ0v) is 6.66. The Hall–Kier alpha value is -2.00. The summed E-state index contributed by atoms with van der Waals surface area (Å²) in [6.45, 7) is 0. The Balaban J connectivity index is 2.65. The van der Waals surface area contributed by atoms with E-state index in [1.807, 2.05) is 0 Å². The Bertz CT molecular complexity index is 350. The van der Waals surface area contributed by atoms with Crippen LogP contribution >= 0.6 is 0 Å². The summed E-state index contributed by atoms with van der Waals surface area (Å²) < 4.78 is 47.5. The van der Waals surface area contributed by atoms with Crippen LogP contribution < -0.4 is 0 Å². The summed E-state index contributed by atoms with van der Waals surface area (Å²) in [5, 5.41) is 0.